The van der Waals surface area contributed by atoms with E-state index in [0.717, 1.165) is 36.0 Å². The predicted octanol–water partition coefficient (Wildman–Crippen LogP) is 3.18. The Hall–Kier alpha value is -0.450. The van der Waals surface area contributed by atoms with Crippen molar-refractivity contribution < 1.29 is 9.50 Å². The summed E-state index contributed by atoms with van der Waals surface area (Å²) in [5.41, 5.74) is 0.744. The molecule has 0 aliphatic carbocycles. The van der Waals surface area contributed by atoms with Gasteiger partial charge in [-0.25, -0.2) is 4.39 Å². The fraction of sp³-hybridized carbons (Fsp3) is 0.571. The van der Waals surface area contributed by atoms with Crippen molar-refractivity contribution in [3.8, 4) is 0 Å². The summed E-state index contributed by atoms with van der Waals surface area (Å²) >= 11 is 3.38. The molecule has 18 heavy (non-hydrogen) atoms. The Balaban J connectivity index is 1.98. The number of piperidine rings is 1. The lowest BCUT2D eigenvalue weighted by Crippen LogP contribution is -2.35. The van der Waals surface area contributed by atoms with Crippen LogP contribution in [0.5, 0.6) is 0 Å². The molecule has 0 spiro atoms. The van der Waals surface area contributed by atoms with Crippen molar-refractivity contribution in [1.82, 2.24) is 4.90 Å². The number of halogens is 2. The van der Waals surface area contributed by atoms with E-state index >= 15 is 0 Å². The summed E-state index contributed by atoms with van der Waals surface area (Å²) in [7, 11) is 0. The van der Waals surface area contributed by atoms with Crippen LogP contribution in [0.3, 0.4) is 0 Å². The molecule has 0 radical (unpaired) electrons. The van der Waals surface area contributed by atoms with Crippen molar-refractivity contribution in [3.05, 3.63) is 34.1 Å². The lowest BCUT2D eigenvalue weighted by atomic mass is 9.95. The zero-order valence-electron chi connectivity index (χ0n) is 10.4. The number of hydrogen-bond acceptors (Lipinski definition) is 2. The van der Waals surface area contributed by atoms with Crippen LogP contribution in [-0.4, -0.2) is 29.7 Å². The summed E-state index contributed by atoms with van der Waals surface area (Å²) in [6.07, 6.45) is 3.18. The minimum absolute atomic E-state index is 0.137. The molecule has 0 aromatic heterocycles. The van der Waals surface area contributed by atoms with Crippen molar-refractivity contribution in [3.63, 3.8) is 0 Å². The molecule has 1 aromatic carbocycles. The molecule has 0 amide bonds. The lowest BCUT2D eigenvalue weighted by molar-refractivity contribution is 0.141. The Bertz CT molecular complexity index is 397. The SMILES string of the molecule is OCCC1CCCN(Cc2cc(Br)ccc2F)C1. The first-order valence-corrected chi connectivity index (χ1v) is 7.25. The molecule has 1 N–H and O–H groups in total. The van der Waals surface area contributed by atoms with Crippen LogP contribution in [0.4, 0.5) is 4.39 Å². The van der Waals surface area contributed by atoms with Crippen LogP contribution in [0.1, 0.15) is 24.8 Å². The molecule has 0 bridgehead atoms. The van der Waals surface area contributed by atoms with Gasteiger partial charge in [0.05, 0.1) is 0 Å². The predicted molar refractivity (Wildman–Crippen MR) is 73.8 cm³/mol. The Kier molecular flexibility index (Phi) is 5.15. The van der Waals surface area contributed by atoms with E-state index < -0.39 is 0 Å². The number of hydrogen-bond donors (Lipinski definition) is 1. The average molecular weight is 316 g/mol. The highest BCUT2D eigenvalue weighted by Gasteiger charge is 2.20. The molecule has 1 fully saturated rings. The molecule has 1 heterocycles. The zero-order chi connectivity index (χ0) is 13.0. The van der Waals surface area contributed by atoms with E-state index in [9.17, 15) is 4.39 Å². The number of aliphatic hydroxyl groups excluding tert-OH is 1. The largest absolute Gasteiger partial charge is 0.396 e. The summed E-state index contributed by atoms with van der Waals surface area (Å²) in [5.74, 6) is 0.418. The average Bonchev–Trinajstić information content (AvgIpc) is 2.35. The Morgan fingerprint density at radius 3 is 3.06 bits per heavy atom. The van der Waals surface area contributed by atoms with Crippen LogP contribution < -0.4 is 0 Å². The Labute approximate surface area is 116 Å². The van der Waals surface area contributed by atoms with Crippen molar-refractivity contribution in [2.45, 2.75) is 25.8 Å². The number of likely N-dealkylation sites (tertiary alicyclic amines) is 1. The lowest BCUT2D eigenvalue weighted by Gasteiger charge is -2.32. The van der Waals surface area contributed by atoms with Gasteiger partial charge in [0.25, 0.3) is 0 Å². The van der Waals surface area contributed by atoms with Gasteiger partial charge in [0.2, 0.25) is 0 Å². The van der Waals surface area contributed by atoms with Gasteiger partial charge < -0.3 is 5.11 Å². The summed E-state index contributed by atoms with van der Waals surface area (Å²) in [6, 6.07) is 5.09. The van der Waals surface area contributed by atoms with Gasteiger partial charge in [-0.15, -0.1) is 0 Å². The second-order valence-electron chi connectivity index (χ2n) is 4.99. The molecule has 1 unspecified atom stereocenters. The topological polar surface area (TPSA) is 23.5 Å². The maximum Gasteiger partial charge on any atom is 0.127 e. The van der Waals surface area contributed by atoms with Gasteiger partial charge >= 0.3 is 0 Å². The molecule has 100 valence electrons. The number of aliphatic hydroxyl groups is 1. The molecule has 1 aliphatic rings. The fourth-order valence-electron chi connectivity index (χ4n) is 2.62. The zero-order valence-corrected chi connectivity index (χ0v) is 12.0. The Morgan fingerprint density at radius 1 is 1.44 bits per heavy atom. The van der Waals surface area contributed by atoms with E-state index in [1.165, 1.54) is 12.5 Å². The van der Waals surface area contributed by atoms with Gasteiger partial charge in [-0.1, -0.05) is 15.9 Å². The third-order valence-corrected chi connectivity index (χ3v) is 4.04. The van der Waals surface area contributed by atoms with Gasteiger partial charge in [-0.3, -0.25) is 4.90 Å². The van der Waals surface area contributed by atoms with Crippen molar-refractivity contribution in [2.75, 3.05) is 19.7 Å². The monoisotopic (exact) mass is 315 g/mol. The standard InChI is InChI=1S/C14H19BrFNO/c15-13-3-4-14(16)12(8-13)10-17-6-1-2-11(9-17)5-7-18/h3-4,8,11,18H,1-2,5-7,9-10H2. The second-order valence-corrected chi connectivity index (χ2v) is 5.91. The van der Waals surface area contributed by atoms with Crippen LogP contribution in [0.25, 0.3) is 0 Å². The Morgan fingerprint density at radius 2 is 2.28 bits per heavy atom. The second kappa shape index (κ2) is 6.64. The van der Waals surface area contributed by atoms with Gasteiger partial charge in [0, 0.05) is 29.7 Å². The molecule has 2 nitrogen and oxygen atoms in total. The summed E-state index contributed by atoms with van der Waals surface area (Å²) in [6.45, 7) is 2.90. The molecular weight excluding hydrogens is 297 g/mol. The molecule has 1 saturated heterocycles. The van der Waals surface area contributed by atoms with Crippen LogP contribution in [0.2, 0.25) is 0 Å². The first kappa shape index (κ1) is 14.0. The summed E-state index contributed by atoms with van der Waals surface area (Å²) in [5, 5.41) is 8.99. The van der Waals surface area contributed by atoms with E-state index in [1.807, 2.05) is 6.07 Å². The first-order valence-electron chi connectivity index (χ1n) is 6.46. The highest BCUT2D eigenvalue weighted by Crippen LogP contribution is 2.23. The van der Waals surface area contributed by atoms with Crippen LogP contribution in [0, 0.1) is 11.7 Å². The quantitative estimate of drug-likeness (QED) is 0.922. The summed E-state index contributed by atoms with van der Waals surface area (Å²) in [4.78, 5) is 2.29. The normalized spacial score (nSPS) is 21.2. The van der Waals surface area contributed by atoms with Gasteiger partial charge in [0.15, 0.2) is 0 Å². The van der Waals surface area contributed by atoms with Crippen LogP contribution >= 0.6 is 15.9 Å². The smallest absolute Gasteiger partial charge is 0.127 e. The van der Waals surface area contributed by atoms with E-state index in [0.29, 0.717) is 12.5 Å². The molecule has 2 rings (SSSR count). The first-order chi connectivity index (χ1) is 8.69. The molecule has 1 aromatic rings. The fourth-order valence-corrected chi connectivity index (χ4v) is 3.03. The number of rotatable bonds is 4. The van der Waals surface area contributed by atoms with Crippen molar-refractivity contribution in [1.29, 1.82) is 0 Å². The molecule has 1 atom stereocenters. The minimum atomic E-state index is -0.137. The van der Waals surface area contributed by atoms with E-state index in [2.05, 4.69) is 20.8 Å². The van der Waals surface area contributed by atoms with Crippen LogP contribution in [-0.2, 0) is 6.54 Å². The van der Waals surface area contributed by atoms with Gasteiger partial charge in [-0.2, -0.15) is 0 Å². The third kappa shape index (κ3) is 3.77. The van der Waals surface area contributed by atoms with Crippen molar-refractivity contribution >= 4 is 15.9 Å². The summed E-state index contributed by atoms with van der Waals surface area (Å²) < 4.78 is 14.6. The maximum absolute atomic E-state index is 13.7. The van der Waals surface area contributed by atoms with E-state index in [4.69, 9.17) is 5.11 Å². The highest BCUT2D eigenvalue weighted by molar-refractivity contribution is 9.10. The molecular formula is C14H19BrFNO. The number of benzene rings is 1. The molecule has 1 aliphatic heterocycles. The molecule has 0 saturated carbocycles. The highest BCUT2D eigenvalue weighted by atomic mass is 79.9. The van der Waals surface area contributed by atoms with E-state index in [-0.39, 0.29) is 12.4 Å². The third-order valence-electron chi connectivity index (χ3n) is 3.54. The van der Waals surface area contributed by atoms with Gasteiger partial charge in [-0.05, 0) is 49.9 Å². The molecule has 4 heteroatoms. The maximum atomic E-state index is 13.7. The number of nitrogens with zero attached hydrogens (tertiary/aromatic N) is 1. The minimum Gasteiger partial charge on any atom is -0.396 e. The van der Waals surface area contributed by atoms with Crippen molar-refractivity contribution in [2.24, 2.45) is 5.92 Å². The van der Waals surface area contributed by atoms with Crippen LogP contribution in [0.15, 0.2) is 22.7 Å². The van der Waals surface area contributed by atoms with E-state index in [1.54, 1.807) is 6.07 Å². The van der Waals surface area contributed by atoms with Gasteiger partial charge in [0.1, 0.15) is 5.82 Å².